The van der Waals surface area contributed by atoms with E-state index in [0.717, 1.165) is 0 Å². The number of aromatic nitrogens is 1. The molecule has 1 unspecified atom stereocenters. The van der Waals surface area contributed by atoms with E-state index in [2.05, 4.69) is 15.8 Å². The van der Waals surface area contributed by atoms with Gasteiger partial charge in [0.1, 0.15) is 23.3 Å². The third kappa shape index (κ3) is 4.07. The van der Waals surface area contributed by atoms with E-state index in [1.54, 1.807) is 32.0 Å². The number of hydrogen-bond donors (Lipinski definition) is 2. The van der Waals surface area contributed by atoms with Crippen LogP contribution in [-0.4, -0.2) is 31.3 Å². The summed E-state index contributed by atoms with van der Waals surface area (Å²) in [6.45, 7) is 3.45. The number of carbonyl (C=O) groups excluding carboxylic acids is 1. The third-order valence-electron chi connectivity index (χ3n) is 3.12. The number of carbonyl (C=O) groups is 1. The van der Waals surface area contributed by atoms with E-state index >= 15 is 0 Å². The normalized spacial score (nSPS) is 11.7. The van der Waals surface area contributed by atoms with Gasteiger partial charge in [0.2, 0.25) is 5.91 Å². The number of benzene rings is 1. The SMILES string of the molecule is COc1cc(OC)c(NC(C)C(=O)Nc2cc(C)on2)cc1Cl. The molecule has 0 radical (unpaired) electrons. The first-order chi connectivity index (χ1) is 10.9. The zero-order chi connectivity index (χ0) is 17.0. The smallest absolute Gasteiger partial charge is 0.247 e. The molecular weight excluding hydrogens is 322 g/mol. The first kappa shape index (κ1) is 17.0. The van der Waals surface area contributed by atoms with Crippen LogP contribution in [0.2, 0.25) is 5.02 Å². The van der Waals surface area contributed by atoms with Crippen molar-refractivity contribution in [2.75, 3.05) is 24.9 Å². The highest BCUT2D eigenvalue weighted by Crippen LogP contribution is 2.36. The van der Waals surface area contributed by atoms with Gasteiger partial charge in [-0.25, -0.2) is 0 Å². The lowest BCUT2D eigenvalue weighted by Gasteiger charge is -2.18. The Bertz CT molecular complexity index is 702. The Morgan fingerprint density at radius 3 is 2.52 bits per heavy atom. The van der Waals surface area contributed by atoms with Crippen molar-refractivity contribution in [3.8, 4) is 11.5 Å². The van der Waals surface area contributed by atoms with Gasteiger partial charge in [-0.2, -0.15) is 0 Å². The molecule has 0 aliphatic carbocycles. The van der Waals surface area contributed by atoms with E-state index in [0.29, 0.717) is 33.8 Å². The first-order valence-corrected chi connectivity index (χ1v) is 7.24. The summed E-state index contributed by atoms with van der Waals surface area (Å²) >= 11 is 6.11. The third-order valence-corrected chi connectivity index (χ3v) is 3.41. The van der Waals surface area contributed by atoms with Crippen molar-refractivity contribution < 1.29 is 18.8 Å². The molecule has 1 atom stereocenters. The van der Waals surface area contributed by atoms with Crippen molar-refractivity contribution in [3.63, 3.8) is 0 Å². The highest BCUT2D eigenvalue weighted by Gasteiger charge is 2.18. The number of amides is 1. The van der Waals surface area contributed by atoms with Gasteiger partial charge in [0.25, 0.3) is 0 Å². The number of aryl methyl sites for hydroxylation is 1. The molecule has 0 spiro atoms. The van der Waals surface area contributed by atoms with Crippen LogP contribution in [0.5, 0.6) is 11.5 Å². The van der Waals surface area contributed by atoms with Crippen LogP contribution in [0.1, 0.15) is 12.7 Å². The number of nitrogens with one attached hydrogen (secondary N) is 2. The summed E-state index contributed by atoms with van der Waals surface area (Å²) in [5, 5.41) is 9.83. The molecule has 2 aromatic rings. The molecule has 1 aromatic heterocycles. The number of ether oxygens (including phenoxy) is 2. The van der Waals surface area contributed by atoms with Gasteiger partial charge in [0.05, 0.1) is 24.9 Å². The van der Waals surface area contributed by atoms with Crippen LogP contribution in [-0.2, 0) is 4.79 Å². The molecule has 0 aliphatic heterocycles. The Balaban J connectivity index is 2.11. The van der Waals surface area contributed by atoms with Gasteiger partial charge in [-0.15, -0.1) is 0 Å². The number of anilines is 2. The minimum absolute atomic E-state index is 0.271. The summed E-state index contributed by atoms with van der Waals surface area (Å²) < 4.78 is 15.3. The Labute approximate surface area is 138 Å². The second kappa shape index (κ2) is 7.23. The molecule has 124 valence electrons. The predicted octanol–water partition coefficient (Wildman–Crippen LogP) is 3.09. The summed E-state index contributed by atoms with van der Waals surface area (Å²) in [6.07, 6.45) is 0. The maximum Gasteiger partial charge on any atom is 0.247 e. The van der Waals surface area contributed by atoms with Crippen molar-refractivity contribution in [1.29, 1.82) is 0 Å². The predicted molar refractivity (Wildman–Crippen MR) is 87.5 cm³/mol. The molecule has 1 aromatic carbocycles. The van der Waals surface area contributed by atoms with Crippen molar-refractivity contribution in [2.24, 2.45) is 0 Å². The first-order valence-electron chi connectivity index (χ1n) is 6.86. The molecule has 8 heteroatoms. The fourth-order valence-electron chi connectivity index (χ4n) is 1.93. The summed E-state index contributed by atoms with van der Waals surface area (Å²) in [5.41, 5.74) is 0.581. The standard InChI is InChI=1S/C15H18ClN3O4/c1-8-5-14(19-23-8)18-15(20)9(2)17-11-6-10(16)12(21-3)7-13(11)22-4/h5-7,9,17H,1-4H3,(H,18,19,20). The van der Waals surface area contributed by atoms with E-state index in [9.17, 15) is 4.79 Å². The van der Waals surface area contributed by atoms with Crippen molar-refractivity contribution >= 4 is 29.0 Å². The number of hydrogen-bond acceptors (Lipinski definition) is 6. The van der Waals surface area contributed by atoms with Crippen LogP contribution in [0.15, 0.2) is 22.7 Å². The summed E-state index contributed by atoms with van der Waals surface area (Å²) in [4.78, 5) is 12.2. The van der Waals surface area contributed by atoms with Crippen LogP contribution < -0.4 is 20.1 Å². The highest BCUT2D eigenvalue weighted by molar-refractivity contribution is 6.32. The fraction of sp³-hybridized carbons (Fsp3) is 0.333. The Morgan fingerprint density at radius 1 is 1.26 bits per heavy atom. The van der Waals surface area contributed by atoms with Crippen LogP contribution >= 0.6 is 11.6 Å². The van der Waals surface area contributed by atoms with Crippen LogP contribution in [0.4, 0.5) is 11.5 Å². The average molecular weight is 340 g/mol. The van der Waals surface area contributed by atoms with Gasteiger partial charge in [-0.1, -0.05) is 16.8 Å². The molecule has 0 saturated carbocycles. The van der Waals surface area contributed by atoms with E-state index in [1.165, 1.54) is 14.2 Å². The second-order valence-corrected chi connectivity index (χ2v) is 5.27. The monoisotopic (exact) mass is 339 g/mol. The lowest BCUT2D eigenvalue weighted by molar-refractivity contribution is -0.116. The van der Waals surface area contributed by atoms with E-state index in [1.807, 2.05) is 0 Å². The van der Waals surface area contributed by atoms with Gasteiger partial charge >= 0.3 is 0 Å². The number of methoxy groups -OCH3 is 2. The summed E-state index contributed by atoms with van der Waals surface area (Å²) in [6, 6.07) is 4.37. The minimum Gasteiger partial charge on any atom is -0.495 e. The lowest BCUT2D eigenvalue weighted by Crippen LogP contribution is -2.32. The summed E-state index contributed by atoms with van der Waals surface area (Å²) in [7, 11) is 3.04. The van der Waals surface area contributed by atoms with E-state index in [4.69, 9.17) is 25.6 Å². The molecule has 0 aliphatic rings. The lowest BCUT2D eigenvalue weighted by atomic mass is 10.2. The number of halogens is 1. The molecule has 7 nitrogen and oxygen atoms in total. The van der Waals surface area contributed by atoms with Crippen molar-refractivity contribution in [1.82, 2.24) is 5.16 Å². The largest absolute Gasteiger partial charge is 0.495 e. The van der Waals surface area contributed by atoms with E-state index < -0.39 is 6.04 Å². The Kier molecular flexibility index (Phi) is 5.33. The van der Waals surface area contributed by atoms with Crippen LogP contribution in [0, 0.1) is 6.92 Å². The molecule has 2 rings (SSSR count). The molecule has 1 amide bonds. The maximum atomic E-state index is 12.2. The fourth-order valence-corrected chi connectivity index (χ4v) is 2.17. The Hall–Kier alpha value is -2.41. The Morgan fingerprint density at radius 2 is 1.96 bits per heavy atom. The number of nitrogens with zero attached hydrogens (tertiary/aromatic N) is 1. The second-order valence-electron chi connectivity index (χ2n) is 4.87. The minimum atomic E-state index is -0.551. The quantitative estimate of drug-likeness (QED) is 0.841. The van der Waals surface area contributed by atoms with Gasteiger partial charge in [0, 0.05) is 12.1 Å². The molecule has 23 heavy (non-hydrogen) atoms. The molecule has 0 saturated heterocycles. The van der Waals surface area contributed by atoms with Gasteiger partial charge < -0.3 is 24.6 Å². The van der Waals surface area contributed by atoms with Gasteiger partial charge in [-0.05, 0) is 19.9 Å². The molecular formula is C15H18ClN3O4. The van der Waals surface area contributed by atoms with Crippen molar-refractivity contribution in [3.05, 3.63) is 29.0 Å². The van der Waals surface area contributed by atoms with Gasteiger partial charge in [-0.3, -0.25) is 4.79 Å². The zero-order valence-electron chi connectivity index (χ0n) is 13.3. The summed E-state index contributed by atoms with van der Waals surface area (Å²) in [5.74, 6) is 1.71. The van der Waals surface area contributed by atoms with E-state index in [-0.39, 0.29) is 5.91 Å². The molecule has 1 heterocycles. The molecule has 2 N–H and O–H groups in total. The topological polar surface area (TPSA) is 85.6 Å². The maximum absolute atomic E-state index is 12.2. The highest BCUT2D eigenvalue weighted by atomic mass is 35.5. The number of rotatable bonds is 6. The zero-order valence-corrected chi connectivity index (χ0v) is 14.0. The molecule has 0 fully saturated rings. The molecule has 0 bridgehead atoms. The van der Waals surface area contributed by atoms with Crippen molar-refractivity contribution in [2.45, 2.75) is 19.9 Å². The van der Waals surface area contributed by atoms with Gasteiger partial charge in [0.15, 0.2) is 5.82 Å². The van der Waals surface area contributed by atoms with Crippen LogP contribution in [0.3, 0.4) is 0 Å². The average Bonchev–Trinajstić information content (AvgIpc) is 2.92. The van der Waals surface area contributed by atoms with Crippen LogP contribution in [0.25, 0.3) is 0 Å².